The molecule has 3 unspecified atom stereocenters. The third-order valence-electron chi connectivity index (χ3n) is 8.84. The van der Waals surface area contributed by atoms with E-state index >= 15 is 0 Å². The molecule has 224 valence electrons. The van der Waals surface area contributed by atoms with E-state index in [-0.39, 0.29) is 23.1 Å². The summed E-state index contributed by atoms with van der Waals surface area (Å²) in [6, 6.07) is 23.4. The van der Waals surface area contributed by atoms with Crippen molar-refractivity contribution in [1.29, 1.82) is 0 Å². The SMILES string of the molecule is O=C(c1ccccc1)N1CCCC(CCCN2CCC(O)CC2CS(=O)(=O)c2ccccc2)(c2ccc(Cl)c(Cl)c2)C1. The van der Waals surface area contributed by atoms with Gasteiger partial charge in [-0.3, -0.25) is 9.69 Å². The topological polar surface area (TPSA) is 77.9 Å². The first kappa shape index (κ1) is 31.0. The van der Waals surface area contributed by atoms with Crippen LogP contribution in [0.2, 0.25) is 10.0 Å². The minimum Gasteiger partial charge on any atom is -0.393 e. The van der Waals surface area contributed by atoms with Crippen LogP contribution in [0.4, 0.5) is 0 Å². The molecule has 3 aromatic carbocycles. The first-order valence-electron chi connectivity index (χ1n) is 14.7. The number of halogens is 2. The standard InChI is InChI=1S/C33H38Cl2N2O4S/c34-30-14-13-26(21-31(30)35)33(17-8-19-37(24-33)32(39)25-9-3-1-4-10-25)16-7-18-36-20-15-28(38)22-27(36)23-42(40,41)29-11-5-2-6-12-29/h1-6,9-14,21,27-28,38H,7-8,15-20,22-24H2. The van der Waals surface area contributed by atoms with Crippen molar-refractivity contribution in [3.05, 3.63) is 100 Å². The van der Waals surface area contributed by atoms with E-state index in [4.69, 9.17) is 23.2 Å². The fourth-order valence-corrected chi connectivity index (χ4v) is 8.54. The summed E-state index contributed by atoms with van der Waals surface area (Å²) in [5.74, 6) is 0.00156. The molecule has 5 rings (SSSR count). The fourth-order valence-electron chi connectivity index (χ4n) is 6.62. The van der Waals surface area contributed by atoms with Crippen LogP contribution in [0.15, 0.2) is 83.8 Å². The molecule has 0 radical (unpaired) electrons. The van der Waals surface area contributed by atoms with Gasteiger partial charge in [-0.1, -0.05) is 65.7 Å². The number of carbonyl (C=O) groups excluding carboxylic acids is 1. The molecule has 1 N–H and O–H groups in total. The van der Waals surface area contributed by atoms with Crippen LogP contribution >= 0.6 is 23.2 Å². The van der Waals surface area contributed by atoms with Crippen LogP contribution in [0.5, 0.6) is 0 Å². The average Bonchev–Trinajstić information content (AvgIpc) is 3.00. The van der Waals surface area contributed by atoms with E-state index < -0.39 is 15.9 Å². The molecule has 42 heavy (non-hydrogen) atoms. The third kappa shape index (κ3) is 7.20. The van der Waals surface area contributed by atoms with E-state index in [1.165, 1.54) is 0 Å². The number of rotatable bonds is 9. The van der Waals surface area contributed by atoms with E-state index in [1.807, 2.05) is 53.4 Å². The van der Waals surface area contributed by atoms with Crippen LogP contribution in [0.1, 0.15) is 54.4 Å². The molecule has 2 fully saturated rings. The molecular formula is C33H38Cl2N2O4S. The maximum Gasteiger partial charge on any atom is 0.253 e. The Hall–Kier alpha value is -2.42. The van der Waals surface area contributed by atoms with E-state index in [0.29, 0.717) is 59.5 Å². The Bertz CT molecular complexity index is 1470. The minimum atomic E-state index is -3.49. The number of hydrogen-bond donors (Lipinski definition) is 1. The van der Waals surface area contributed by atoms with Crippen LogP contribution in [-0.4, -0.2) is 73.3 Å². The van der Waals surface area contributed by atoms with Gasteiger partial charge in [-0.15, -0.1) is 0 Å². The van der Waals surface area contributed by atoms with E-state index in [2.05, 4.69) is 4.90 Å². The predicted molar refractivity (Wildman–Crippen MR) is 168 cm³/mol. The molecule has 1 amide bonds. The average molecular weight is 630 g/mol. The Kier molecular flexibility index (Phi) is 9.95. The van der Waals surface area contributed by atoms with Crippen LogP contribution in [0.3, 0.4) is 0 Å². The molecule has 0 saturated carbocycles. The first-order chi connectivity index (χ1) is 20.2. The summed E-state index contributed by atoms with van der Waals surface area (Å²) in [6.07, 6.45) is 3.95. The summed E-state index contributed by atoms with van der Waals surface area (Å²) in [5.41, 5.74) is 1.44. The third-order valence-corrected chi connectivity index (χ3v) is 11.4. The second-order valence-electron chi connectivity index (χ2n) is 11.7. The van der Waals surface area contributed by atoms with Crippen molar-refractivity contribution in [2.24, 2.45) is 0 Å². The van der Waals surface area contributed by atoms with Crippen molar-refractivity contribution in [3.8, 4) is 0 Å². The molecule has 3 aromatic rings. The Morgan fingerprint density at radius 1 is 0.952 bits per heavy atom. The summed E-state index contributed by atoms with van der Waals surface area (Å²) < 4.78 is 26.4. The molecular weight excluding hydrogens is 591 g/mol. The predicted octanol–water partition coefficient (Wildman–Crippen LogP) is 6.25. The molecule has 6 nitrogen and oxygen atoms in total. The number of aliphatic hydroxyl groups excluding tert-OH is 1. The molecule has 0 aliphatic carbocycles. The van der Waals surface area contributed by atoms with Crippen molar-refractivity contribution in [2.75, 3.05) is 31.9 Å². The van der Waals surface area contributed by atoms with Gasteiger partial charge in [0.05, 0.1) is 26.8 Å². The highest BCUT2D eigenvalue weighted by atomic mass is 35.5. The van der Waals surface area contributed by atoms with E-state index in [1.54, 1.807) is 30.3 Å². The van der Waals surface area contributed by atoms with Crippen LogP contribution in [-0.2, 0) is 15.3 Å². The zero-order chi connectivity index (χ0) is 29.7. The number of hydrogen-bond acceptors (Lipinski definition) is 5. The zero-order valence-electron chi connectivity index (χ0n) is 23.7. The summed E-state index contributed by atoms with van der Waals surface area (Å²) in [4.78, 5) is 18.0. The Morgan fingerprint density at radius 3 is 2.38 bits per heavy atom. The largest absolute Gasteiger partial charge is 0.393 e. The lowest BCUT2D eigenvalue weighted by Crippen LogP contribution is -2.50. The normalized spacial score (nSPS) is 23.5. The number of aliphatic hydroxyl groups is 1. The van der Waals surface area contributed by atoms with Crippen molar-refractivity contribution >= 4 is 38.9 Å². The second kappa shape index (κ2) is 13.5. The zero-order valence-corrected chi connectivity index (χ0v) is 26.0. The number of piperidine rings is 2. The van der Waals surface area contributed by atoms with Gasteiger partial charge >= 0.3 is 0 Å². The second-order valence-corrected chi connectivity index (χ2v) is 14.5. The van der Waals surface area contributed by atoms with E-state index in [0.717, 1.165) is 31.2 Å². The smallest absolute Gasteiger partial charge is 0.253 e. The Morgan fingerprint density at radius 2 is 1.67 bits per heavy atom. The van der Waals surface area contributed by atoms with Gasteiger partial charge in [0.1, 0.15) is 0 Å². The number of nitrogens with zero attached hydrogens (tertiary/aromatic N) is 2. The molecule has 0 aromatic heterocycles. The summed E-state index contributed by atoms with van der Waals surface area (Å²) in [6.45, 7) is 2.62. The van der Waals surface area contributed by atoms with Crippen molar-refractivity contribution in [1.82, 2.24) is 9.80 Å². The quantitative estimate of drug-likeness (QED) is 0.303. The maximum absolute atomic E-state index is 13.5. The van der Waals surface area contributed by atoms with Crippen molar-refractivity contribution in [2.45, 2.75) is 61.0 Å². The van der Waals surface area contributed by atoms with Crippen LogP contribution in [0.25, 0.3) is 0 Å². The highest BCUT2D eigenvalue weighted by Gasteiger charge is 2.39. The summed E-state index contributed by atoms with van der Waals surface area (Å²) in [7, 11) is -3.49. The van der Waals surface area contributed by atoms with Crippen molar-refractivity contribution in [3.63, 3.8) is 0 Å². The summed E-state index contributed by atoms with van der Waals surface area (Å²) in [5, 5.41) is 11.4. The van der Waals surface area contributed by atoms with Gasteiger partial charge in [-0.05, 0) is 87.0 Å². The van der Waals surface area contributed by atoms with E-state index in [9.17, 15) is 18.3 Å². The van der Waals surface area contributed by atoms with Gasteiger partial charge in [0.25, 0.3) is 5.91 Å². The maximum atomic E-state index is 13.5. The number of benzene rings is 3. The molecule has 2 saturated heterocycles. The number of carbonyl (C=O) groups is 1. The monoisotopic (exact) mass is 628 g/mol. The van der Waals surface area contributed by atoms with Crippen LogP contribution < -0.4 is 0 Å². The Balaban J connectivity index is 1.34. The highest BCUT2D eigenvalue weighted by Crippen LogP contribution is 2.41. The van der Waals surface area contributed by atoms with Crippen molar-refractivity contribution < 1.29 is 18.3 Å². The van der Waals surface area contributed by atoms with Gasteiger partial charge in [-0.25, -0.2) is 8.42 Å². The minimum absolute atomic E-state index is 0.0225. The number of likely N-dealkylation sites (tertiary alicyclic amines) is 2. The molecule has 9 heteroatoms. The van der Waals surface area contributed by atoms with Gasteiger partial charge in [0.2, 0.25) is 0 Å². The lowest BCUT2D eigenvalue weighted by Gasteiger charge is -2.44. The number of amides is 1. The Labute approximate surface area is 259 Å². The lowest BCUT2D eigenvalue weighted by molar-refractivity contribution is 0.0453. The molecule has 0 bridgehead atoms. The number of sulfone groups is 1. The molecule has 2 aliphatic heterocycles. The summed E-state index contributed by atoms with van der Waals surface area (Å²) >= 11 is 12.8. The molecule has 3 atom stereocenters. The van der Waals surface area contributed by atoms with Gasteiger partial charge in [0, 0.05) is 36.7 Å². The van der Waals surface area contributed by atoms with Gasteiger partial charge in [0.15, 0.2) is 9.84 Å². The molecule has 0 spiro atoms. The molecule has 2 heterocycles. The van der Waals surface area contributed by atoms with Gasteiger partial charge in [-0.2, -0.15) is 0 Å². The van der Waals surface area contributed by atoms with Crippen LogP contribution in [0, 0.1) is 0 Å². The first-order valence-corrected chi connectivity index (χ1v) is 17.1. The molecule has 2 aliphatic rings. The fraction of sp³-hybridized carbons (Fsp3) is 0.424. The highest BCUT2D eigenvalue weighted by molar-refractivity contribution is 7.91. The lowest BCUT2D eigenvalue weighted by atomic mass is 9.71. The van der Waals surface area contributed by atoms with Gasteiger partial charge < -0.3 is 10.0 Å².